The lowest BCUT2D eigenvalue weighted by Gasteiger charge is -2.30. The van der Waals surface area contributed by atoms with E-state index in [1.807, 2.05) is 6.92 Å². The molecule has 0 amide bonds. The molecule has 0 spiro atoms. The van der Waals surface area contributed by atoms with Crippen LogP contribution >= 0.6 is 11.6 Å². The Morgan fingerprint density at radius 2 is 2.20 bits per heavy atom. The van der Waals surface area contributed by atoms with Crippen LogP contribution in [0.1, 0.15) is 31.2 Å². The standard InChI is InChI=1S/C14H19ClN2O3/c1-9-6-14(17(18)19)12(15)8-13(9)16-10-4-3-5-11(7-10)20-2/h6,8,10-11,16H,3-5,7H2,1-2H3. The van der Waals surface area contributed by atoms with Crippen LogP contribution in [0, 0.1) is 17.0 Å². The summed E-state index contributed by atoms with van der Waals surface area (Å²) < 4.78 is 5.41. The van der Waals surface area contributed by atoms with Crippen molar-refractivity contribution in [2.75, 3.05) is 12.4 Å². The molecule has 20 heavy (non-hydrogen) atoms. The monoisotopic (exact) mass is 298 g/mol. The molecule has 2 unspecified atom stereocenters. The highest BCUT2D eigenvalue weighted by Gasteiger charge is 2.23. The van der Waals surface area contributed by atoms with Crippen LogP contribution in [0.2, 0.25) is 5.02 Å². The molecule has 0 bridgehead atoms. The number of hydrogen-bond donors (Lipinski definition) is 1. The predicted octanol–water partition coefficient (Wildman–Crippen LogP) is 3.93. The fourth-order valence-electron chi connectivity index (χ4n) is 2.67. The van der Waals surface area contributed by atoms with Crippen LogP contribution in [0.3, 0.4) is 0 Å². The summed E-state index contributed by atoms with van der Waals surface area (Å²) in [5.41, 5.74) is 1.65. The highest BCUT2D eigenvalue weighted by atomic mass is 35.5. The second kappa shape index (κ2) is 6.41. The average Bonchev–Trinajstić information content (AvgIpc) is 2.42. The van der Waals surface area contributed by atoms with Gasteiger partial charge in [-0.3, -0.25) is 10.1 Å². The maximum Gasteiger partial charge on any atom is 0.288 e. The lowest BCUT2D eigenvalue weighted by atomic mass is 9.92. The Bertz CT molecular complexity index is 507. The zero-order valence-electron chi connectivity index (χ0n) is 11.7. The first-order valence-corrected chi connectivity index (χ1v) is 7.13. The summed E-state index contributed by atoms with van der Waals surface area (Å²) in [4.78, 5) is 10.4. The molecule has 0 radical (unpaired) electrons. The number of aryl methyl sites for hydroxylation is 1. The number of hydrogen-bond acceptors (Lipinski definition) is 4. The summed E-state index contributed by atoms with van der Waals surface area (Å²) in [6.45, 7) is 1.85. The van der Waals surface area contributed by atoms with Crippen molar-refractivity contribution < 1.29 is 9.66 Å². The van der Waals surface area contributed by atoms with Crippen LogP contribution in [0.25, 0.3) is 0 Å². The molecular formula is C14H19ClN2O3. The number of rotatable bonds is 4. The summed E-state index contributed by atoms with van der Waals surface area (Å²) >= 11 is 5.96. The molecule has 2 atom stereocenters. The van der Waals surface area contributed by atoms with Gasteiger partial charge in [-0.15, -0.1) is 0 Å². The molecule has 1 aromatic carbocycles. The van der Waals surface area contributed by atoms with Crippen molar-refractivity contribution in [2.24, 2.45) is 0 Å². The van der Waals surface area contributed by atoms with Gasteiger partial charge in [-0.05, 0) is 44.2 Å². The lowest BCUT2D eigenvalue weighted by Crippen LogP contribution is -2.31. The molecule has 1 aromatic rings. The molecule has 0 aromatic heterocycles. The molecule has 5 nitrogen and oxygen atoms in total. The number of benzene rings is 1. The average molecular weight is 299 g/mol. The van der Waals surface area contributed by atoms with Gasteiger partial charge >= 0.3 is 0 Å². The molecule has 0 aliphatic heterocycles. The van der Waals surface area contributed by atoms with Crippen molar-refractivity contribution in [2.45, 2.75) is 44.8 Å². The maximum absolute atomic E-state index is 10.8. The number of nitro groups is 1. The molecule has 1 fully saturated rings. The first-order valence-electron chi connectivity index (χ1n) is 6.75. The molecule has 1 aliphatic rings. The van der Waals surface area contributed by atoms with Crippen molar-refractivity contribution in [3.8, 4) is 0 Å². The minimum Gasteiger partial charge on any atom is -0.382 e. The Morgan fingerprint density at radius 1 is 1.45 bits per heavy atom. The lowest BCUT2D eigenvalue weighted by molar-refractivity contribution is -0.384. The summed E-state index contributed by atoms with van der Waals surface area (Å²) in [6.07, 6.45) is 4.53. The maximum atomic E-state index is 10.8. The predicted molar refractivity (Wildman–Crippen MR) is 79.5 cm³/mol. The topological polar surface area (TPSA) is 64.4 Å². The minimum atomic E-state index is -0.458. The van der Waals surface area contributed by atoms with Gasteiger partial charge in [-0.25, -0.2) is 0 Å². The normalized spacial score (nSPS) is 22.6. The summed E-state index contributed by atoms with van der Waals surface area (Å²) in [5, 5.41) is 14.4. The highest BCUT2D eigenvalue weighted by molar-refractivity contribution is 6.33. The molecule has 110 valence electrons. The summed E-state index contributed by atoms with van der Waals surface area (Å²) in [5.74, 6) is 0. The van der Waals surface area contributed by atoms with Crippen LogP contribution in [0.5, 0.6) is 0 Å². The van der Waals surface area contributed by atoms with Gasteiger partial charge in [0, 0.05) is 24.9 Å². The van der Waals surface area contributed by atoms with E-state index in [0.29, 0.717) is 6.04 Å². The summed E-state index contributed by atoms with van der Waals surface area (Å²) in [7, 11) is 1.74. The van der Waals surface area contributed by atoms with Crippen molar-refractivity contribution in [3.63, 3.8) is 0 Å². The summed E-state index contributed by atoms with van der Waals surface area (Å²) in [6, 6.07) is 3.48. The number of halogens is 1. The van der Waals surface area contributed by atoms with E-state index < -0.39 is 4.92 Å². The zero-order chi connectivity index (χ0) is 14.7. The van der Waals surface area contributed by atoms with Gasteiger partial charge in [-0.2, -0.15) is 0 Å². The van der Waals surface area contributed by atoms with Crippen LogP contribution in [-0.2, 0) is 4.74 Å². The minimum absolute atomic E-state index is 0.0480. The number of ether oxygens (including phenoxy) is 1. The van der Waals surface area contributed by atoms with E-state index >= 15 is 0 Å². The molecule has 1 N–H and O–H groups in total. The second-order valence-corrected chi connectivity index (χ2v) is 5.65. The first kappa shape index (κ1) is 15.1. The molecule has 6 heteroatoms. The third-order valence-corrected chi connectivity index (χ3v) is 4.11. The first-order chi connectivity index (χ1) is 9.51. The van der Waals surface area contributed by atoms with Crippen LogP contribution in [0.4, 0.5) is 11.4 Å². The van der Waals surface area contributed by atoms with Gasteiger partial charge in [0.25, 0.3) is 5.69 Å². The van der Waals surface area contributed by atoms with Gasteiger partial charge in [0.2, 0.25) is 0 Å². The number of anilines is 1. The molecule has 0 saturated heterocycles. The van der Waals surface area contributed by atoms with E-state index in [1.165, 1.54) is 6.07 Å². The molecule has 2 rings (SSSR count). The molecule has 0 heterocycles. The Hall–Kier alpha value is -1.33. The van der Waals surface area contributed by atoms with E-state index in [1.54, 1.807) is 13.2 Å². The third-order valence-electron chi connectivity index (χ3n) is 3.81. The SMILES string of the molecule is COC1CCCC(Nc2cc(Cl)c([N+](=O)[O-])cc2C)C1. The van der Waals surface area contributed by atoms with Gasteiger partial charge < -0.3 is 10.1 Å². The van der Waals surface area contributed by atoms with Gasteiger partial charge in [0.1, 0.15) is 5.02 Å². The second-order valence-electron chi connectivity index (χ2n) is 5.24. The number of nitrogens with one attached hydrogen (secondary N) is 1. The van der Waals surface area contributed by atoms with Crippen molar-refractivity contribution in [3.05, 3.63) is 32.8 Å². The fourth-order valence-corrected chi connectivity index (χ4v) is 2.90. The van der Waals surface area contributed by atoms with E-state index in [2.05, 4.69) is 5.32 Å². The van der Waals surface area contributed by atoms with Gasteiger partial charge in [-0.1, -0.05) is 11.6 Å². The van der Waals surface area contributed by atoms with Crippen molar-refractivity contribution in [1.29, 1.82) is 0 Å². The largest absolute Gasteiger partial charge is 0.382 e. The number of nitro benzene ring substituents is 1. The number of methoxy groups -OCH3 is 1. The van der Waals surface area contributed by atoms with Crippen LogP contribution < -0.4 is 5.32 Å². The van der Waals surface area contributed by atoms with Crippen molar-refractivity contribution >= 4 is 23.0 Å². The molecule has 1 aliphatic carbocycles. The van der Waals surface area contributed by atoms with Gasteiger partial charge in [0.05, 0.1) is 11.0 Å². The highest BCUT2D eigenvalue weighted by Crippen LogP contribution is 2.32. The van der Waals surface area contributed by atoms with Crippen LogP contribution in [0.15, 0.2) is 12.1 Å². The fraction of sp³-hybridized carbons (Fsp3) is 0.571. The van der Waals surface area contributed by atoms with Gasteiger partial charge in [0.15, 0.2) is 0 Å². The van der Waals surface area contributed by atoms with Crippen LogP contribution in [-0.4, -0.2) is 24.2 Å². The van der Waals surface area contributed by atoms with E-state index in [4.69, 9.17) is 16.3 Å². The zero-order valence-corrected chi connectivity index (χ0v) is 12.4. The van der Waals surface area contributed by atoms with E-state index in [0.717, 1.165) is 36.9 Å². The third kappa shape index (κ3) is 3.41. The Labute approximate surface area is 123 Å². The number of nitrogens with zero attached hydrogens (tertiary/aromatic N) is 1. The molecular weight excluding hydrogens is 280 g/mol. The quantitative estimate of drug-likeness (QED) is 0.676. The Morgan fingerprint density at radius 3 is 2.85 bits per heavy atom. The Kier molecular flexibility index (Phi) is 4.83. The van der Waals surface area contributed by atoms with E-state index in [9.17, 15) is 10.1 Å². The van der Waals surface area contributed by atoms with E-state index in [-0.39, 0.29) is 16.8 Å². The van der Waals surface area contributed by atoms with Crippen molar-refractivity contribution in [1.82, 2.24) is 0 Å². The Balaban J connectivity index is 2.13. The smallest absolute Gasteiger partial charge is 0.288 e. The molecule has 1 saturated carbocycles.